The predicted molar refractivity (Wildman–Crippen MR) is 62.8 cm³/mol. The van der Waals surface area contributed by atoms with E-state index in [1.165, 1.54) is 7.11 Å². The number of ether oxygens (including phenoxy) is 2. The Hall–Kier alpha value is -1.91. The summed E-state index contributed by atoms with van der Waals surface area (Å²) in [5, 5.41) is 2.72. The molecule has 1 aromatic carbocycles. The number of carbonyl (C=O) groups excluding carboxylic acids is 1. The van der Waals surface area contributed by atoms with Gasteiger partial charge in [0.25, 0.3) is 0 Å². The van der Waals surface area contributed by atoms with E-state index in [9.17, 15) is 9.70 Å². The zero-order valence-electron chi connectivity index (χ0n) is 9.67. The van der Waals surface area contributed by atoms with Gasteiger partial charge in [0, 0.05) is 0 Å². The van der Waals surface area contributed by atoms with Crippen LogP contribution in [0.4, 0.5) is 0 Å². The predicted octanol–water partition coefficient (Wildman–Crippen LogP) is 2.15. The maximum absolute atomic E-state index is 11.1. The first-order chi connectivity index (χ1) is 8.27. The minimum absolute atomic E-state index is 0.336. The standard InChI is InChI=1S/C12H15NO4/c1-16-12(14)11(13-15)8-5-9-17-10-6-3-2-4-7-10/h2-4,6-7,11H,5,8-9H2,1H3. The molecule has 0 heterocycles. The van der Waals surface area contributed by atoms with Gasteiger partial charge >= 0.3 is 5.97 Å². The van der Waals surface area contributed by atoms with Gasteiger partial charge in [0.05, 0.1) is 13.7 Å². The van der Waals surface area contributed by atoms with Gasteiger partial charge < -0.3 is 9.47 Å². The Bertz CT molecular complexity index is 353. The van der Waals surface area contributed by atoms with E-state index < -0.39 is 12.0 Å². The summed E-state index contributed by atoms with van der Waals surface area (Å²) < 4.78 is 9.86. The minimum atomic E-state index is -0.931. The summed E-state index contributed by atoms with van der Waals surface area (Å²) in [5.74, 6) is 0.167. The van der Waals surface area contributed by atoms with Crippen LogP contribution in [-0.4, -0.2) is 25.7 Å². The average Bonchev–Trinajstić information content (AvgIpc) is 2.39. The Morgan fingerprint density at radius 3 is 2.65 bits per heavy atom. The fourth-order valence-corrected chi connectivity index (χ4v) is 1.33. The highest BCUT2D eigenvalue weighted by atomic mass is 16.5. The van der Waals surface area contributed by atoms with Crippen LogP contribution in [0.1, 0.15) is 12.8 Å². The molecule has 1 aromatic rings. The smallest absolute Gasteiger partial charge is 0.334 e. The van der Waals surface area contributed by atoms with Crippen LogP contribution in [0.5, 0.6) is 5.75 Å². The Morgan fingerprint density at radius 2 is 2.06 bits per heavy atom. The maximum Gasteiger partial charge on any atom is 0.334 e. The molecule has 1 atom stereocenters. The molecule has 0 saturated heterocycles. The third-order valence-electron chi connectivity index (χ3n) is 2.23. The average molecular weight is 237 g/mol. The third-order valence-corrected chi connectivity index (χ3v) is 2.23. The van der Waals surface area contributed by atoms with Crippen molar-refractivity contribution in [2.75, 3.05) is 13.7 Å². The van der Waals surface area contributed by atoms with E-state index >= 15 is 0 Å². The second-order valence-corrected chi connectivity index (χ2v) is 3.45. The summed E-state index contributed by atoms with van der Waals surface area (Å²) >= 11 is 0. The molecule has 0 fully saturated rings. The van der Waals surface area contributed by atoms with Gasteiger partial charge in [-0.1, -0.05) is 23.4 Å². The lowest BCUT2D eigenvalue weighted by molar-refractivity contribution is -0.142. The Kier molecular flexibility index (Phi) is 5.71. The molecule has 1 unspecified atom stereocenters. The Balaban J connectivity index is 2.23. The van der Waals surface area contributed by atoms with Crippen LogP contribution in [-0.2, 0) is 9.53 Å². The van der Waals surface area contributed by atoms with E-state index in [1.54, 1.807) is 0 Å². The van der Waals surface area contributed by atoms with Crippen LogP contribution in [0.15, 0.2) is 35.5 Å². The van der Waals surface area contributed by atoms with E-state index in [2.05, 4.69) is 9.91 Å². The van der Waals surface area contributed by atoms with Crippen molar-refractivity contribution in [2.45, 2.75) is 18.9 Å². The van der Waals surface area contributed by atoms with Crippen LogP contribution < -0.4 is 4.74 Å². The molecule has 0 bridgehead atoms. The molecule has 5 nitrogen and oxygen atoms in total. The first-order valence-corrected chi connectivity index (χ1v) is 5.36. The number of nitroso groups, excluding NO2 is 1. The molecular weight excluding hydrogens is 222 g/mol. The van der Waals surface area contributed by atoms with E-state index in [0.29, 0.717) is 19.4 Å². The van der Waals surface area contributed by atoms with Gasteiger partial charge in [-0.2, -0.15) is 0 Å². The monoisotopic (exact) mass is 237 g/mol. The van der Waals surface area contributed by atoms with Crippen LogP contribution >= 0.6 is 0 Å². The van der Waals surface area contributed by atoms with Crippen LogP contribution in [0.2, 0.25) is 0 Å². The third kappa shape index (κ3) is 4.63. The molecule has 17 heavy (non-hydrogen) atoms. The van der Waals surface area contributed by atoms with Gasteiger partial charge in [-0.05, 0) is 25.0 Å². The zero-order chi connectivity index (χ0) is 12.5. The molecule has 0 aromatic heterocycles. The summed E-state index contributed by atoms with van der Waals surface area (Å²) in [6.07, 6.45) is 0.906. The van der Waals surface area contributed by atoms with Crippen LogP contribution in [0.25, 0.3) is 0 Å². The normalized spacial score (nSPS) is 11.6. The molecule has 0 N–H and O–H groups in total. The van der Waals surface area contributed by atoms with Crippen molar-refractivity contribution >= 4 is 5.97 Å². The number of para-hydroxylation sites is 1. The molecule has 0 aliphatic carbocycles. The molecule has 5 heteroatoms. The van der Waals surface area contributed by atoms with Gasteiger partial charge in [-0.3, -0.25) is 0 Å². The fourth-order valence-electron chi connectivity index (χ4n) is 1.33. The van der Waals surface area contributed by atoms with Crippen LogP contribution in [0.3, 0.4) is 0 Å². The number of nitrogens with zero attached hydrogens (tertiary/aromatic N) is 1. The fraction of sp³-hybridized carbons (Fsp3) is 0.417. The first kappa shape index (κ1) is 13.2. The molecular formula is C12H15NO4. The van der Waals surface area contributed by atoms with E-state index in [1.807, 2.05) is 30.3 Å². The number of esters is 1. The van der Waals surface area contributed by atoms with Gasteiger partial charge in [-0.15, -0.1) is 4.91 Å². The van der Waals surface area contributed by atoms with Crippen LogP contribution in [0, 0.1) is 4.91 Å². The Labute approximate surface area is 99.7 Å². The lowest BCUT2D eigenvalue weighted by Crippen LogP contribution is -2.20. The van der Waals surface area contributed by atoms with Crippen molar-refractivity contribution in [3.8, 4) is 5.75 Å². The number of rotatable bonds is 7. The molecule has 92 valence electrons. The highest BCUT2D eigenvalue weighted by molar-refractivity contribution is 5.75. The number of hydrogen-bond acceptors (Lipinski definition) is 5. The number of carbonyl (C=O) groups is 1. The quantitative estimate of drug-likeness (QED) is 0.414. The molecule has 1 rings (SSSR count). The molecule has 0 saturated carbocycles. The SMILES string of the molecule is COC(=O)C(CCCOc1ccccc1)N=O. The molecule has 0 aliphatic heterocycles. The molecule has 0 amide bonds. The number of methoxy groups -OCH3 is 1. The van der Waals surface area contributed by atoms with Crippen molar-refractivity contribution in [1.29, 1.82) is 0 Å². The highest BCUT2D eigenvalue weighted by Gasteiger charge is 2.18. The van der Waals surface area contributed by atoms with Crippen molar-refractivity contribution < 1.29 is 14.3 Å². The zero-order valence-corrected chi connectivity index (χ0v) is 9.67. The molecule has 0 aliphatic rings. The van der Waals surface area contributed by atoms with Gasteiger partial charge in [-0.25, -0.2) is 4.79 Å². The summed E-state index contributed by atoms with van der Waals surface area (Å²) in [6, 6.07) is 8.40. The van der Waals surface area contributed by atoms with E-state index in [-0.39, 0.29) is 0 Å². The highest BCUT2D eigenvalue weighted by Crippen LogP contribution is 2.10. The van der Waals surface area contributed by atoms with Crippen molar-refractivity contribution in [2.24, 2.45) is 5.18 Å². The van der Waals surface area contributed by atoms with Gasteiger partial charge in [0.2, 0.25) is 0 Å². The lowest BCUT2D eigenvalue weighted by atomic mass is 10.2. The minimum Gasteiger partial charge on any atom is -0.494 e. The van der Waals surface area contributed by atoms with Gasteiger partial charge in [0.1, 0.15) is 5.75 Å². The second kappa shape index (κ2) is 7.38. The molecule has 0 spiro atoms. The largest absolute Gasteiger partial charge is 0.494 e. The summed E-state index contributed by atoms with van der Waals surface area (Å²) in [7, 11) is 1.24. The summed E-state index contributed by atoms with van der Waals surface area (Å²) in [4.78, 5) is 21.4. The van der Waals surface area contributed by atoms with E-state index in [4.69, 9.17) is 4.74 Å². The first-order valence-electron chi connectivity index (χ1n) is 5.36. The maximum atomic E-state index is 11.1. The van der Waals surface area contributed by atoms with Crippen molar-refractivity contribution in [1.82, 2.24) is 0 Å². The summed E-state index contributed by atoms with van der Waals surface area (Å²) in [5.41, 5.74) is 0. The van der Waals surface area contributed by atoms with E-state index in [0.717, 1.165) is 5.75 Å². The van der Waals surface area contributed by atoms with Gasteiger partial charge in [0.15, 0.2) is 6.04 Å². The number of benzene rings is 1. The van der Waals surface area contributed by atoms with Crippen molar-refractivity contribution in [3.05, 3.63) is 35.2 Å². The van der Waals surface area contributed by atoms with Crippen molar-refractivity contribution in [3.63, 3.8) is 0 Å². The summed E-state index contributed by atoms with van der Waals surface area (Å²) in [6.45, 7) is 0.438. The Morgan fingerprint density at radius 1 is 1.35 bits per heavy atom. The molecule has 0 radical (unpaired) electrons. The lowest BCUT2D eigenvalue weighted by Gasteiger charge is -2.08. The second-order valence-electron chi connectivity index (χ2n) is 3.45. The number of hydrogen-bond donors (Lipinski definition) is 0. The topological polar surface area (TPSA) is 65.0 Å².